The third kappa shape index (κ3) is 4.35. The Bertz CT molecular complexity index is 480. The number of halogens is 1. The van der Waals surface area contributed by atoms with Gasteiger partial charge in [0.1, 0.15) is 11.4 Å². The van der Waals surface area contributed by atoms with Crippen LogP contribution in [0.4, 0.5) is 5.82 Å². The zero-order chi connectivity index (χ0) is 14.0. The molecule has 1 aromatic rings. The first-order chi connectivity index (χ1) is 8.85. The average Bonchev–Trinajstić information content (AvgIpc) is 3.07. The van der Waals surface area contributed by atoms with Gasteiger partial charge in [0, 0.05) is 18.3 Å². The average molecular weight is 283 g/mol. The summed E-state index contributed by atoms with van der Waals surface area (Å²) in [5, 5.41) is 6.23. The number of aromatic nitrogens is 2. The van der Waals surface area contributed by atoms with E-state index in [1.807, 2.05) is 20.8 Å². The minimum absolute atomic E-state index is 0.144. The lowest BCUT2D eigenvalue weighted by Crippen LogP contribution is -2.41. The normalized spacial score (nSPS) is 15.2. The number of amides is 1. The quantitative estimate of drug-likeness (QED) is 0.833. The monoisotopic (exact) mass is 282 g/mol. The summed E-state index contributed by atoms with van der Waals surface area (Å²) in [6.07, 6.45) is 3.93. The van der Waals surface area contributed by atoms with E-state index in [0.717, 1.165) is 6.54 Å². The molecule has 1 saturated carbocycles. The molecule has 1 aromatic heterocycles. The maximum absolute atomic E-state index is 12.2. The molecule has 0 radical (unpaired) electrons. The Morgan fingerprint density at radius 1 is 1.47 bits per heavy atom. The van der Waals surface area contributed by atoms with Crippen LogP contribution in [0, 0.1) is 5.92 Å². The number of nitrogens with zero attached hydrogens (tertiary/aromatic N) is 2. The summed E-state index contributed by atoms with van der Waals surface area (Å²) >= 11 is 5.79. The maximum atomic E-state index is 12.2. The third-order valence-electron chi connectivity index (χ3n) is 2.75. The second-order valence-corrected chi connectivity index (χ2v) is 6.27. The van der Waals surface area contributed by atoms with Gasteiger partial charge in [0.05, 0.1) is 0 Å². The van der Waals surface area contributed by atoms with Crippen LogP contribution in [-0.2, 0) is 0 Å². The zero-order valence-corrected chi connectivity index (χ0v) is 12.2. The van der Waals surface area contributed by atoms with Crippen LogP contribution in [0.1, 0.15) is 44.0 Å². The van der Waals surface area contributed by atoms with Crippen LogP contribution in [-0.4, -0.2) is 28.0 Å². The van der Waals surface area contributed by atoms with E-state index in [1.165, 1.54) is 19.0 Å². The lowest BCUT2D eigenvalue weighted by molar-refractivity contribution is 0.0919. The van der Waals surface area contributed by atoms with E-state index in [2.05, 4.69) is 20.6 Å². The van der Waals surface area contributed by atoms with Gasteiger partial charge in [-0.25, -0.2) is 4.98 Å². The molecule has 1 aliphatic carbocycles. The molecule has 0 unspecified atom stereocenters. The van der Waals surface area contributed by atoms with Gasteiger partial charge in [0.2, 0.25) is 5.28 Å². The Morgan fingerprint density at radius 2 is 2.16 bits per heavy atom. The highest BCUT2D eigenvalue weighted by atomic mass is 35.5. The van der Waals surface area contributed by atoms with Crippen molar-refractivity contribution in [1.29, 1.82) is 0 Å². The van der Waals surface area contributed by atoms with Crippen molar-refractivity contribution in [2.24, 2.45) is 5.92 Å². The van der Waals surface area contributed by atoms with E-state index < -0.39 is 0 Å². The molecule has 1 heterocycles. The lowest BCUT2D eigenvalue weighted by atomic mass is 10.1. The highest BCUT2D eigenvalue weighted by Crippen LogP contribution is 2.29. The fraction of sp³-hybridized carbons (Fsp3) is 0.615. The molecule has 19 heavy (non-hydrogen) atoms. The lowest BCUT2D eigenvalue weighted by Gasteiger charge is -2.21. The predicted molar refractivity (Wildman–Crippen MR) is 75.5 cm³/mol. The standard InChI is InChI=1S/C13H19ClN4O/c1-13(2,3)18-11(19)9-7-16-12(14)17-10(9)15-6-8-4-5-8/h7-8H,4-6H2,1-3H3,(H,18,19)(H,15,16,17). The molecular formula is C13H19ClN4O. The van der Waals surface area contributed by atoms with Crippen molar-refractivity contribution in [3.63, 3.8) is 0 Å². The number of anilines is 1. The van der Waals surface area contributed by atoms with E-state index in [-0.39, 0.29) is 16.7 Å². The molecule has 1 fully saturated rings. The molecule has 1 amide bonds. The Morgan fingerprint density at radius 3 is 2.74 bits per heavy atom. The van der Waals surface area contributed by atoms with Gasteiger partial charge in [-0.2, -0.15) is 4.98 Å². The fourth-order valence-corrected chi connectivity index (χ4v) is 1.77. The van der Waals surface area contributed by atoms with Gasteiger partial charge in [0.25, 0.3) is 5.91 Å². The number of carbonyl (C=O) groups is 1. The highest BCUT2D eigenvalue weighted by molar-refractivity contribution is 6.28. The van der Waals surface area contributed by atoms with Gasteiger partial charge < -0.3 is 10.6 Å². The van der Waals surface area contributed by atoms with Crippen molar-refractivity contribution in [3.8, 4) is 0 Å². The molecule has 0 aliphatic heterocycles. The molecule has 0 atom stereocenters. The molecule has 1 aliphatic rings. The highest BCUT2D eigenvalue weighted by Gasteiger charge is 2.23. The molecule has 0 aromatic carbocycles. The smallest absolute Gasteiger partial charge is 0.257 e. The van der Waals surface area contributed by atoms with Crippen LogP contribution < -0.4 is 10.6 Å². The molecule has 0 saturated heterocycles. The van der Waals surface area contributed by atoms with Crippen LogP contribution in [0.5, 0.6) is 0 Å². The summed E-state index contributed by atoms with van der Waals surface area (Å²) in [5.41, 5.74) is 0.129. The molecule has 5 nitrogen and oxygen atoms in total. The fourth-order valence-electron chi connectivity index (χ4n) is 1.63. The molecule has 0 bridgehead atoms. The summed E-state index contributed by atoms with van der Waals surface area (Å²) in [7, 11) is 0. The number of nitrogens with one attached hydrogen (secondary N) is 2. The minimum Gasteiger partial charge on any atom is -0.369 e. The van der Waals surface area contributed by atoms with Gasteiger partial charge in [0.15, 0.2) is 0 Å². The van der Waals surface area contributed by atoms with Gasteiger partial charge >= 0.3 is 0 Å². The van der Waals surface area contributed by atoms with Crippen LogP contribution in [0.3, 0.4) is 0 Å². The van der Waals surface area contributed by atoms with Crippen molar-refractivity contribution >= 4 is 23.3 Å². The number of carbonyl (C=O) groups excluding carboxylic acids is 1. The molecule has 2 N–H and O–H groups in total. The van der Waals surface area contributed by atoms with E-state index in [1.54, 1.807) is 0 Å². The maximum Gasteiger partial charge on any atom is 0.257 e. The minimum atomic E-state index is -0.301. The van der Waals surface area contributed by atoms with Crippen molar-refractivity contribution in [2.75, 3.05) is 11.9 Å². The van der Waals surface area contributed by atoms with Gasteiger partial charge in [-0.3, -0.25) is 4.79 Å². The van der Waals surface area contributed by atoms with Gasteiger partial charge in [-0.15, -0.1) is 0 Å². The zero-order valence-electron chi connectivity index (χ0n) is 11.5. The van der Waals surface area contributed by atoms with E-state index >= 15 is 0 Å². The van der Waals surface area contributed by atoms with Gasteiger partial charge in [-0.05, 0) is 51.1 Å². The van der Waals surface area contributed by atoms with Crippen LogP contribution >= 0.6 is 11.6 Å². The van der Waals surface area contributed by atoms with Crippen molar-refractivity contribution in [1.82, 2.24) is 15.3 Å². The summed E-state index contributed by atoms with van der Waals surface area (Å²) in [6, 6.07) is 0. The largest absolute Gasteiger partial charge is 0.369 e. The van der Waals surface area contributed by atoms with Crippen LogP contribution in [0.15, 0.2) is 6.20 Å². The molecule has 0 spiro atoms. The second-order valence-electron chi connectivity index (χ2n) is 5.93. The predicted octanol–water partition coefficient (Wildman–Crippen LogP) is 2.48. The first-order valence-electron chi connectivity index (χ1n) is 6.44. The third-order valence-corrected chi connectivity index (χ3v) is 2.93. The summed E-state index contributed by atoms with van der Waals surface area (Å²) in [6.45, 7) is 6.61. The van der Waals surface area contributed by atoms with E-state index in [9.17, 15) is 4.79 Å². The topological polar surface area (TPSA) is 66.9 Å². The van der Waals surface area contributed by atoms with Crippen molar-refractivity contribution in [3.05, 3.63) is 17.0 Å². The van der Waals surface area contributed by atoms with Crippen molar-refractivity contribution in [2.45, 2.75) is 39.2 Å². The molecule has 104 valence electrons. The first-order valence-corrected chi connectivity index (χ1v) is 6.82. The van der Waals surface area contributed by atoms with Crippen LogP contribution in [0.2, 0.25) is 5.28 Å². The first kappa shape index (κ1) is 14.1. The Hall–Kier alpha value is -1.36. The Labute approximate surface area is 118 Å². The Kier molecular flexibility index (Phi) is 3.94. The molecular weight excluding hydrogens is 264 g/mol. The SMILES string of the molecule is CC(C)(C)NC(=O)c1cnc(Cl)nc1NCC1CC1. The summed E-state index contributed by atoms with van der Waals surface area (Å²) in [5.74, 6) is 1.00. The number of hydrogen-bond donors (Lipinski definition) is 2. The Balaban J connectivity index is 2.14. The van der Waals surface area contributed by atoms with Crippen LogP contribution in [0.25, 0.3) is 0 Å². The van der Waals surface area contributed by atoms with Crippen molar-refractivity contribution < 1.29 is 4.79 Å². The van der Waals surface area contributed by atoms with E-state index in [4.69, 9.17) is 11.6 Å². The number of hydrogen-bond acceptors (Lipinski definition) is 4. The second kappa shape index (κ2) is 5.33. The number of rotatable bonds is 4. The molecule has 6 heteroatoms. The summed E-state index contributed by atoms with van der Waals surface area (Å²) in [4.78, 5) is 20.2. The summed E-state index contributed by atoms with van der Waals surface area (Å²) < 4.78 is 0. The van der Waals surface area contributed by atoms with Gasteiger partial charge in [-0.1, -0.05) is 0 Å². The molecule has 2 rings (SSSR count). The van der Waals surface area contributed by atoms with E-state index in [0.29, 0.717) is 17.3 Å².